The first-order valence-electron chi connectivity index (χ1n) is 28.8. The summed E-state index contributed by atoms with van der Waals surface area (Å²) >= 11 is 1.83. The molecular weight excluding hydrogens is 1050 g/mol. The minimum atomic E-state index is 0.710. The molecule has 0 bridgehead atoms. The van der Waals surface area contributed by atoms with Crippen LogP contribution in [0.5, 0.6) is 0 Å². The van der Waals surface area contributed by atoms with Gasteiger partial charge in [-0.15, -0.1) is 6.42 Å². The van der Waals surface area contributed by atoms with E-state index < -0.39 is 0 Å². The molecule has 0 amide bonds. The first-order chi connectivity index (χ1) is 42.1. The van der Waals surface area contributed by atoms with Crippen LogP contribution in [0.2, 0.25) is 0 Å². The number of hydrogen-bond donors (Lipinski definition) is 0. The van der Waals surface area contributed by atoms with E-state index in [1.165, 1.54) is 92.0 Å². The van der Waals surface area contributed by atoms with E-state index in [1.807, 2.05) is 23.9 Å². The smallest absolute Gasteiger partial charge is 0.0631 e. The molecule has 0 fully saturated rings. The van der Waals surface area contributed by atoms with E-state index in [2.05, 4.69) is 304 Å². The van der Waals surface area contributed by atoms with Crippen molar-refractivity contribution in [3.8, 4) is 57.3 Å². The van der Waals surface area contributed by atoms with Gasteiger partial charge in [0.1, 0.15) is 0 Å². The molecule has 0 unspecified atom stereocenters. The zero-order valence-corrected chi connectivity index (χ0v) is 47.4. The van der Waals surface area contributed by atoms with Crippen molar-refractivity contribution in [2.75, 3.05) is 0 Å². The molecule has 0 aliphatic rings. The molecule has 16 aromatic rings. The zero-order valence-electron chi connectivity index (χ0n) is 46.5. The predicted molar refractivity (Wildman–Crippen MR) is 358 cm³/mol. The summed E-state index contributed by atoms with van der Waals surface area (Å²) in [5.74, 6) is 2.64. The summed E-state index contributed by atoms with van der Waals surface area (Å²) in [5.41, 5.74) is 20.8. The van der Waals surface area contributed by atoms with Gasteiger partial charge in [0.2, 0.25) is 0 Å². The Morgan fingerprint density at radius 1 is 0.388 bits per heavy atom. The normalized spacial score (nSPS) is 12.0. The van der Waals surface area contributed by atoms with Crippen LogP contribution in [-0.4, -0.2) is 18.3 Å². The molecule has 0 saturated carbocycles. The van der Waals surface area contributed by atoms with Crippen molar-refractivity contribution in [2.45, 2.75) is 23.1 Å². The molecule has 0 saturated heterocycles. The Morgan fingerprint density at radius 3 is 1.38 bits per heavy atom. The number of allylic oxidation sites excluding steroid dienone is 4. The Bertz CT molecular complexity index is 5370. The molecule has 85 heavy (non-hydrogen) atoms. The summed E-state index contributed by atoms with van der Waals surface area (Å²) in [7, 11) is 0. The summed E-state index contributed by atoms with van der Waals surface area (Å²) in [6.07, 6.45) is 14.3. The second kappa shape index (κ2) is 20.5. The average Bonchev–Trinajstić information content (AvgIpc) is 1.92. The fraction of sp³-hybridized carbons (Fsp3) is 0.0250. The molecule has 0 aliphatic heterocycles. The molecule has 5 heteroatoms. The number of hydrogen-bond acceptors (Lipinski definition) is 1. The fourth-order valence-corrected chi connectivity index (χ4v) is 14.4. The Morgan fingerprint density at radius 2 is 0.824 bits per heavy atom. The van der Waals surface area contributed by atoms with Crippen LogP contribution in [0.25, 0.3) is 132 Å². The zero-order chi connectivity index (χ0) is 56.5. The number of terminal acetylenes is 1. The summed E-state index contributed by atoms with van der Waals surface area (Å²) in [4.78, 5) is 2.35. The second-order valence-corrected chi connectivity index (χ2v) is 22.9. The summed E-state index contributed by atoms with van der Waals surface area (Å²) in [6.45, 7) is 2.27. The number of nitrogens with zero attached hydrogens (tertiary/aromatic N) is 4. The van der Waals surface area contributed by atoms with Gasteiger partial charge in [-0.3, -0.25) is 0 Å². The second-order valence-electron chi connectivity index (χ2n) is 21.8. The number of benzene rings is 11. The lowest BCUT2D eigenvalue weighted by Gasteiger charge is -2.18. The molecule has 4 heterocycles. The molecule has 0 N–H and O–H groups in total. The third-order valence-corrected chi connectivity index (χ3v) is 18.1. The van der Waals surface area contributed by atoms with Crippen LogP contribution < -0.4 is 0 Å². The van der Waals surface area contributed by atoms with Crippen molar-refractivity contribution < 1.29 is 0 Å². The first kappa shape index (κ1) is 49.8. The SMILES string of the molecule is C#C/C=C\C=C/Cc1cc2c3ccccc3n(-c3cccc(-n4c5ccc#cc5c5ccccc54)c3)c2cc1-c1ccccc1Sc1ccccc1-c1cc2c(cc1C)c1ccccc1n2-c1cccc(-n2c3ccccc3c3ccccc32)c1. The Kier molecular flexibility index (Phi) is 12.0. The van der Waals surface area contributed by atoms with Crippen LogP contribution in [0.4, 0.5) is 0 Å². The highest BCUT2D eigenvalue weighted by Gasteiger charge is 2.22. The molecule has 4 nitrogen and oxygen atoms in total. The van der Waals surface area contributed by atoms with Crippen molar-refractivity contribution in [1.82, 2.24) is 18.3 Å². The van der Waals surface area contributed by atoms with E-state index in [0.717, 1.165) is 61.1 Å². The highest BCUT2D eigenvalue weighted by atomic mass is 32.2. The van der Waals surface area contributed by atoms with Gasteiger partial charge >= 0.3 is 0 Å². The molecule has 16 rings (SSSR count). The highest BCUT2D eigenvalue weighted by molar-refractivity contribution is 7.99. The highest BCUT2D eigenvalue weighted by Crippen LogP contribution is 2.46. The van der Waals surface area contributed by atoms with E-state index in [1.54, 1.807) is 6.08 Å². The maximum atomic E-state index is 5.65. The monoisotopic (exact) mass is 1100 g/mol. The minimum Gasteiger partial charge on any atom is -0.309 e. The van der Waals surface area contributed by atoms with E-state index >= 15 is 0 Å². The quantitative estimate of drug-likeness (QED) is 0.0933. The standard InChI is InChI=1S/C80H52N4S/c1-3-4-5-6-7-26-54-48-70-64-36-13-21-44-76(64)84(58-30-25-28-56(50-58)82-73-41-18-10-33-61(73)62-34-11-19-42-74(62)82)78(70)52-68(54)66-38-15-23-46-80(66)85-79-45-22-14-37-65(79)67-51-77-69(47-53(67)2)63-35-12-20-43-75(63)83(77)57-29-24-27-55(49-57)81-71-39-16-8-31-59(71)60-32-9-17-40-72(60)81/h1,4-10,12-25,27-33,35-52H,26H2,2H3/b5-4-,7-6-. The number of aromatic nitrogens is 4. The molecule has 0 atom stereocenters. The Balaban J connectivity index is 0.838. The third kappa shape index (κ3) is 8.20. The van der Waals surface area contributed by atoms with Crippen LogP contribution in [0, 0.1) is 31.4 Å². The van der Waals surface area contributed by atoms with Gasteiger partial charge in [0.05, 0.1) is 49.5 Å². The van der Waals surface area contributed by atoms with Crippen molar-refractivity contribution in [3.63, 3.8) is 0 Å². The number of rotatable bonds is 11. The van der Waals surface area contributed by atoms with Gasteiger partial charge in [-0.25, -0.2) is 0 Å². The summed E-state index contributed by atoms with van der Waals surface area (Å²) in [6, 6.07) is 100. The molecule has 0 radical (unpaired) electrons. The number of para-hydroxylation sites is 5. The van der Waals surface area contributed by atoms with Crippen molar-refractivity contribution >= 4 is 99.0 Å². The molecule has 398 valence electrons. The molecule has 0 spiro atoms. The van der Waals surface area contributed by atoms with Gasteiger partial charge in [-0.2, -0.15) is 0 Å². The fourth-order valence-electron chi connectivity index (χ4n) is 13.3. The Hall–Kier alpha value is -11.0. The van der Waals surface area contributed by atoms with Crippen LogP contribution in [0.3, 0.4) is 0 Å². The van der Waals surface area contributed by atoms with Crippen LogP contribution >= 0.6 is 11.8 Å². The van der Waals surface area contributed by atoms with Crippen molar-refractivity contribution in [3.05, 3.63) is 302 Å². The first-order valence-corrected chi connectivity index (χ1v) is 29.7. The Labute approximate surface area is 497 Å². The van der Waals surface area contributed by atoms with Crippen LogP contribution in [0.15, 0.2) is 289 Å². The summed E-state index contributed by atoms with van der Waals surface area (Å²) < 4.78 is 9.67. The van der Waals surface area contributed by atoms with Crippen molar-refractivity contribution in [2.24, 2.45) is 0 Å². The predicted octanol–water partition coefficient (Wildman–Crippen LogP) is 20.8. The molecule has 12 aromatic carbocycles. The van der Waals surface area contributed by atoms with Crippen molar-refractivity contribution in [1.29, 1.82) is 0 Å². The molecule has 0 aliphatic carbocycles. The average molecular weight is 1100 g/mol. The van der Waals surface area contributed by atoms with Gasteiger partial charge in [-0.1, -0.05) is 188 Å². The van der Waals surface area contributed by atoms with E-state index in [9.17, 15) is 0 Å². The van der Waals surface area contributed by atoms with Gasteiger partial charge in [0, 0.05) is 70.2 Å². The van der Waals surface area contributed by atoms with E-state index in [0.29, 0.717) is 6.42 Å². The number of fused-ring (bicyclic) bond motifs is 12. The maximum Gasteiger partial charge on any atom is 0.0631 e. The van der Waals surface area contributed by atoms with Gasteiger partial charge in [0.15, 0.2) is 0 Å². The molecular formula is C80H52N4S. The summed E-state index contributed by atoms with van der Waals surface area (Å²) in [5, 5.41) is 9.58. The maximum absolute atomic E-state index is 5.65. The largest absolute Gasteiger partial charge is 0.309 e. The third-order valence-electron chi connectivity index (χ3n) is 17.0. The van der Waals surface area contributed by atoms with E-state index in [-0.39, 0.29) is 0 Å². The van der Waals surface area contributed by atoms with Crippen LogP contribution in [-0.2, 0) is 6.42 Å². The molecule has 4 aromatic heterocycles. The van der Waals surface area contributed by atoms with Gasteiger partial charge < -0.3 is 18.3 Å². The lowest BCUT2D eigenvalue weighted by Crippen LogP contribution is -1.99. The van der Waals surface area contributed by atoms with Crippen LogP contribution in [0.1, 0.15) is 11.1 Å². The minimum absolute atomic E-state index is 0.710. The lowest BCUT2D eigenvalue weighted by atomic mass is 9.95. The number of aryl methyl sites for hydroxylation is 1. The topological polar surface area (TPSA) is 19.7 Å². The lowest BCUT2D eigenvalue weighted by molar-refractivity contribution is 1.13. The van der Waals surface area contributed by atoms with Gasteiger partial charge in [-0.05, 0) is 168 Å². The van der Waals surface area contributed by atoms with Gasteiger partial charge in [0.25, 0.3) is 0 Å². The van der Waals surface area contributed by atoms with E-state index in [4.69, 9.17) is 6.42 Å².